The second-order valence-corrected chi connectivity index (χ2v) is 5.88. The van der Waals surface area contributed by atoms with E-state index in [0.29, 0.717) is 0 Å². The first-order chi connectivity index (χ1) is 12.7. The second kappa shape index (κ2) is 6.64. The summed E-state index contributed by atoms with van der Waals surface area (Å²) in [7, 11) is 0. The number of para-hydroxylation sites is 2. The molecule has 0 aliphatic rings. The van der Waals surface area contributed by atoms with Gasteiger partial charge in [0.25, 0.3) is 5.69 Å². The van der Waals surface area contributed by atoms with E-state index in [-0.39, 0.29) is 5.69 Å². The number of H-pyrrole nitrogens is 1. The van der Waals surface area contributed by atoms with Gasteiger partial charge in [-0.15, -0.1) is 0 Å². The van der Waals surface area contributed by atoms with E-state index in [4.69, 9.17) is 4.98 Å². The molecule has 0 fully saturated rings. The molecule has 0 radical (unpaired) electrons. The molecule has 26 heavy (non-hydrogen) atoms. The summed E-state index contributed by atoms with van der Waals surface area (Å²) in [5.74, 6) is 0.760. The van der Waals surface area contributed by atoms with E-state index in [1.165, 1.54) is 12.1 Å². The van der Waals surface area contributed by atoms with E-state index in [1.807, 2.05) is 60.7 Å². The summed E-state index contributed by atoms with van der Waals surface area (Å²) < 4.78 is 0. The number of aromatic amines is 1. The van der Waals surface area contributed by atoms with Crippen LogP contribution < -0.4 is 0 Å². The normalized spacial score (nSPS) is 11.6. The zero-order chi connectivity index (χ0) is 17.9. The quantitative estimate of drug-likeness (QED) is 0.320. The van der Waals surface area contributed by atoms with Gasteiger partial charge in [0.2, 0.25) is 0 Å². The predicted molar refractivity (Wildman–Crippen MR) is 103 cm³/mol. The average molecular weight is 341 g/mol. The van der Waals surface area contributed by atoms with Crippen molar-refractivity contribution in [3.63, 3.8) is 0 Å². The second-order valence-electron chi connectivity index (χ2n) is 5.88. The summed E-state index contributed by atoms with van der Waals surface area (Å²) in [4.78, 5) is 18.5. The molecule has 4 aromatic rings. The average Bonchev–Trinajstić information content (AvgIpc) is 3.11. The molecule has 0 saturated carbocycles. The molecular weight excluding hydrogens is 326 g/mol. The molecule has 1 heterocycles. The third kappa shape index (κ3) is 3.10. The number of rotatable bonds is 4. The van der Waals surface area contributed by atoms with E-state index in [1.54, 1.807) is 12.1 Å². The van der Waals surface area contributed by atoms with Crippen molar-refractivity contribution in [2.75, 3.05) is 0 Å². The highest BCUT2D eigenvalue weighted by molar-refractivity contribution is 5.91. The lowest BCUT2D eigenvalue weighted by Gasteiger charge is -2.05. The molecule has 0 unspecified atom stereocenters. The van der Waals surface area contributed by atoms with Crippen LogP contribution in [0.5, 0.6) is 0 Å². The Kier molecular flexibility index (Phi) is 4.03. The molecule has 5 heteroatoms. The van der Waals surface area contributed by atoms with Crippen LogP contribution in [0.2, 0.25) is 0 Å². The van der Waals surface area contributed by atoms with Crippen molar-refractivity contribution in [3.05, 3.63) is 106 Å². The van der Waals surface area contributed by atoms with E-state index >= 15 is 0 Å². The van der Waals surface area contributed by atoms with Gasteiger partial charge in [0, 0.05) is 17.7 Å². The summed E-state index contributed by atoms with van der Waals surface area (Å²) >= 11 is 0. The fraction of sp³-hybridized carbons (Fsp3) is 0. The monoisotopic (exact) mass is 341 g/mol. The first-order valence-corrected chi connectivity index (χ1v) is 8.17. The third-order valence-electron chi connectivity index (χ3n) is 4.14. The number of imidazole rings is 1. The number of nitro groups is 1. The van der Waals surface area contributed by atoms with Crippen LogP contribution >= 0.6 is 0 Å². The fourth-order valence-corrected chi connectivity index (χ4v) is 2.85. The molecule has 4 rings (SSSR count). The lowest BCUT2D eigenvalue weighted by atomic mass is 10.0. The van der Waals surface area contributed by atoms with Crippen molar-refractivity contribution in [2.45, 2.75) is 0 Å². The summed E-state index contributed by atoms with van der Waals surface area (Å²) in [6, 6.07) is 24.3. The maximum absolute atomic E-state index is 10.9. The zero-order valence-corrected chi connectivity index (χ0v) is 13.8. The van der Waals surface area contributed by atoms with Crippen molar-refractivity contribution in [2.24, 2.45) is 0 Å². The minimum atomic E-state index is -0.398. The van der Waals surface area contributed by atoms with E-state index in [9.17, 15) is 10.1 Å². The smallest absolute Gasteiger partial charge is 0.269 e. The lowest BCUT2D eigenvalue weighted by Crippen LogP contribution is -1.91. The Balaban J connectivity index is 1.84. The summed E-state index contributed by atoms with van der Waals surface area (Å²) in [6.07, 6.45) is 1.98. The number of benzene rings is 3. The summed E-state index contributed by atoms with van der Waals surface area (Å²) in [6.45, 7) is 0. The highest BCUT2D eigenvalue weighted by Crippen LogP contribution is 2.26. The van der Waals surface area contributed by atoms with Gasteiger partial charge < -0.3 is 4.98 Å². The number of hydrogen-bond donors (Lipinski definition) is 1. The maximum Gasteiger partial charge on any atom is 0.269 e. The van der Waals surface area contributed by atoms with Crippen molar-refractivity contribution in [1.29, 1.82) is 0 Å². The SMILES string of the molecule is O=[N+]([O-])c1ccc(/C=C(/c2ccccc2)c2nc3ccccc3[nH]2)cc1. The van der Waals surface area contributed by atoms with Crippen LogP contribution in [-0.2, 0) is 0 Å². The Morgan fingerprint density at radius 2 is 1.62 bits per heavy atom. The van der Waals surface area contributed by atoms with Gasteiger partial charge in [-0.3, -0.25) is 10.1 Å². The molecular formula is C21H15N3O2. The molecule has 5 nitrogen and oxygen atoms in total. The number of hydrogen-bond acceptors (Lipinski definition) is 3. The fourth-order valence-electron chi connectivity index (χ4n) is 2.85. The van der Waals surface area contributed by atoms with Gasteiger partial charge in [-0.05, 0) is 41.5 Å². The predicted octanol–water partition coefficient (Wildman–Crippen LogP) is 5.06. The van der Waals surface area contributed by atoms with Crippen LogP contribution in [0, 0.1) is 10.1 Å². The van der Waals surface area contributed by atoms with Crippen molar-refractivity contribution < 1.29 is 4.92 Å². The molecule has 1 N–H and O–H groups in total. The molecule has 0 saturated heterocycles. The van der Waals surface area contributed by atoms with Gasteiger partial charge in [-0.25, -0.2) is 4.98 Å². The molecule has 0 atom stereocenters. The van der Waals surface area contributed by atoms with Crippen molar-refractivity contribution >= 4 is 28.4 Å². The van der Waals surface area contributed by atoms with Gasteiger partial charge in [-0.1, -0.05) is 42.5 Å². The summed E-state index contributed by atoms with van der Waals surface area (Å²) in [5, 5.41) is 10.9. The molecule has 1 aromatic heterocycles. The Hall–Kier alpha value is -3.73. The van der Waals surface area contributed by atoms with E-state index < -0.39 is 4.92 Å². The first kappa shape index (κ1) is 15.8. The summed E-state index contributed by atoms with van der Waals surface area (Å²) in [5.41, 5.74) is 4.75. The maximum atomic E-state index is 10.9. The number of aromatic nitrogens is 2. The van der Waals surface area contributed by atoms with E-state index in [0.717, 1.165) is 33.6 Å². The van der Waals surface area contributed by atoms with Crippen LogP contribution in [0.4, 0.5) is 5.69 Å². The van der Waals surface area contributed by atoms with Crippen LogP contribution in [0.25, 0.3) is 22.7 Å². The molecule has 0 aliphatic heterocycles. The van der Waals surface area contributed by atoms with Crippen LogP contribution in [-0.4, -0.2) is 14.9 Å². The number of non-ortho nitro benzene ring substituents is 1. The van der Waals surface area contributed by atoms with Gasteiger partial charge in [0.05, 0.1) is 16.0 Å². The number of nitrogens with zero attached hydrogens (tertiary/aromatic N) is 2. The topological polar surface area (TPSA) is 71.8 Å². The number of fused-ring (bicyclic) bond motifs is 1. The Morgan fingerprint density at radius 1 is 0.923 bits per heavy atom. The first-order valence-electron chi connectivity index (χ1n) is 8.17. The van der Waals surface area contributed by atoms with Gasteiger partial charge in [-0.2, -0.15) is 0 Å². The number of nitro benzene ring substituents is 1. The van der Waals surface area contributed by atoms with Crippen LogP contribution in [0.15, 0.2) is 78.9 Å². The van der Waals surface area contributed by atoms with Gasteiger partial charge in [0.15, 0.2) is 0 Å². The Bertz CT molecular complexity index is 1060. The lowest BCUT2D eigenvalue weighted by molar-refractivity contribution is -0.384. The minimum Gasteiger partial charge on any atom is -0.338 e. The minimum absolute atomic E-state index is 0.0761. The van der Waals surface area contributed by atoms with E-state index in [2.05, 4.69) is 4.98 Å². The highest BCUT2D eigenvalue weighted by atomic mass is 16.6. The Labute approximate surface area is 149 Å². The largest absolute Gasteiger partial charge is 0.338 e. The van der Waals surface area contributed by atoms with Crippen LogP contribution in [0.3, 0.4) is 0 Å². The van der Waals surface area contributed by atoms with Crippen molar-refractivity contribution in [1.82, 2.24) is 9.97 Å². The third-order valence-corrected chi connectivity index (χ3v) is 4.14. The molecule has 3 aromatic carbocycles. The zero-order valence-electron chi connectivity index (χ0n) is 13.8. The Morgan fingerprint density at radius 3 is 2.31 bits per heavy atom. The van der Waals surface area contributed by atoms with Gasteiger partial charge >= 0.3 is 0 Å². The molecule has 0 bridgehead atoms. The number of nitrogens with one attached hydrogen (secondary N) is 1. The molecule has 0 amide bonds. The molecule has 126 valence electrons. The highest BCUT2D eigenvalue weighted by Gasteiger charge is 2.11. The van der Waals surface area contributed by atoms with Crippen LogP contribution in [0.1, 0.15) is 17.0 Å². The standard InChI is InChI=1S/C21H15N3O2/c25-24(26)17-12-10-15(11-13-17)14-18(16-6-2-1-3-7-16)21-22-19-8-4-5-9-20(19)23-21/h1-14H,(H,22,23)/b18-14-. The van der Waals surface area contributed by atoms with Gasteiger partial charge in [0.1, 0.15) is 5.82 Å². The molecule has 0 aliphatic carbocycles. The molecule has 0 spiro atoms. The van der Waals surface area contributed by atoms with Crippen molar-refractivity contribution in [3.8, 4) is 0 Å².